The summed E-state index contributed by atoms with van der Waals surface area (Å²) < 4.78 is 9.43. The van der Waals surface area contributed by atoms with E-state index in [4.69, 9.17) is 10.00 Å². The Hall–Kier alpha value is -4.09. The predicted molar refractivity (Wildman–Crippen MR) is 138 cm³/mol. The molecule has 7 nitrogen and oxygen atoms in total. The Balaban J connectivity index is 1.52. The fraction of sp³-hybridized carbons (Fsp3) is 0.185. The summed E-state index contributed by atoms with van der Waals surface area (Å²) in [6.45, 7) is 4.68. The zero-order chi connectivity index (χ0) is 24.4. The second kappa shape index (κ2) is 9.65. The summed E-state index contributed by atoms with van der Waals surface area (Å²) in [6.07, 6.45) is 0. The number of ether oxygens (including phenoxy) is 1. The topological polar surface area (TPSA) is 85.2 Å². The first kappa shape index (κ1) is 22.7. The van der Waals surface area contributed by atoms with Gasteiger partial charge in [-0.3, -0.25) is 9.20 Å². The van der Waals surface area contributed by atoms with Crippen LogP contribution >= 0.6 is 11.8 Å². The van der Waals surface area contributed by atoms with Gasteiger partial charge in [-0.25, -0.2) is 4.57 Å². The van der Waals surface area contributed by atoms with Crippen molar-refractivity contribution in [2.24, 2.45) is 0 Å². The normalized spacial score (nSPS) is 11.3. The zero-order valence-corrected chi connectivity index (χ0v) is 20.2. The first-order valence-corrected chi connectivity index (χ1v) is 12.3. The molecule has 0 aliphatic rings. The third kappa shape index (κ3) is 4.27. The van der Waals surface area contributed by atoms with Crippen molar-refractivity contribution in [2.75, 3.05) is 12.4 Å². The molecule has 35 heavy (non-hydrogen) atoms. The number of fused-ring (bicyclic) bond motifs is 3. The third-order valence-electron chi connectivity index (χ3n) is 5.76. The fourth-order valence-electron chi connectivity index (χ4n) is 4.09. The second-order valence-corrected chi connectivity index (χ2v) is 9.38. The molecule has 0 unspecified atom stereocenters. The molecule has 0 bridgehead atoms. The summed E-state index contributed by atoms with van der Waals surface area (Å²) in [7, 11) is 0. The maximum atomic E-state index is 13.6. The first-order chi connectivity index (χ1) is 17.1. The van der Waals surface area contributed by atoms with Crippen molar-refractivity contribution in [1.29, 1.82) is 5.26 Å². The number of benzene rings is 3. The van der Waals surface area contributed by atoms with Crippen LogP contribution in [0.15, 0.2) is 82.7 Å². The molecule has 0 saturated carbocycles. The van der Waals surface area contributed by atoms with Gasteiger partial charge in [-0.05, 0) is 53.9 Å². The van der Waals surface area contributed by atoms with Crippen LogP contribution in [0.4, 0.5) is 0 Å². The molecular formula is C27H23N5O2S. The monoisotopic (exact) mass is 481 g/mol. The first-order valence-electron chi connectivity index (χ1n) is 11.3. The number of para-hydroxylation sites is 2. The third-order valence-corrected chi connectivity index (χ3v) is 6.65. The Labute approximate surface area is 206 Å². The summed E-state index contributed by atoms with van der Waals surface area (Å²) in [5, 5.41) is 19.1. The molecule has 5 aromatic rings. The Morgan fingerprint density at radius 2 is 1.74 bits per heavy atom. The molecule has 0 N–H and O–H groups in total. The predicted octanol–water partition coefficient (Wildman–Crippen LogP) is 5.20. The molecule has 2 aromatic heterocycles. The minimum Gasteiger partial charge on any atom is -0.493 e. The average molecular weight is 482 g/mol. The van der Waals surface area contributed by atoms with Crippen LogP contribution < -0.4 is 10.3 Å². The molecule has 0 atom stereocenters. The van der Waals surface area contributed by atoms with Gasteiger partial charge in [-0.1, -0.05) is 55.9 Å². The lowest BCUT2D eigenvalue weighted by molar-refractivity contribution is 0.344. The van der Waals surface area contributed by atoms with Gasteiger partial charge in [0.2, 0.25) is 5.78 Å². The van der Waals surface area contributed by atoms with Gasteiger partial charge in [0, 0.05) is 5.75 Å². The Bertz CT molecular complexity index is 1610. The van der Waals surface area contributed by atoms with Crippen molar-refractivity contribution in [2.45, 2.75) is 24.9 Å². The molecule has 0 radical (unpaired) electrons. The Kier molecular flexibility index (Phi) is 6.25. The summed E-state index contributed by atoms with van der Waals surface area (Å²) >= 11 is 1.52. The summed E-state index contributed by atoms with van der Waals surface area (Å²) in [6, 6.07) is 24.6. The van der Waals surface area contributed by atoms with Crippen LogP contribution in [0.3, 0.4) is 0 Å². The molecule has 174 valence electrons. The van der Waals surface area contributed by atoms with Crippen molar-refractivity contribution >= 4 is 28.4 Å². The van der Waals surface area contributed by atoms with Gasteiger partial charge in [0.25, 0.3) is 5.56 Å². The maximum absolute atomic E-state index is 13.6. The molecule has 2 heterocycles. The van der Waals surface area contributed by atoms with E-state index in [1.54, 1.807) is 28.8 Å². The standard InChI is InChI=1S/C27H23N5O2S/c1-18(2)21-7-3-5-9-23(21)31-25(33)22-8-4-6-10-24(22)32-26(31)29-30-27(32)35-16-15-34-20-13-11-19(17-28)12-14-20/h3-14,18H,15-16H2,1-2H3. The minimum atomic E-state index is -0.116. The summed E-state index contributed by atoms with van der Waals surface area (Å²) in [5.74, 6) is 2.06. The van der Waals surface area contributed by atoms with E-state index in [2.05, 4.69) is 30.1 Å². The van der Waals surface area contributed by atoms with Gasteiger partial charge in [-0.2, -0.15) is 5.26 Å². The molecule has 0 saturated heterocycles. The maximum Gasteiger partial charge on any atom is 0.267 e. The number of rotatable bonds is 7. The highest BCUT2D eigenvalue weighted by molar-refractivity contribution is 7.99. The van der Waals surface area contributed by atoms with Gasteiger partial charge in [0.1, 0.15) is 5.75 Å². The van der Waals surface area contributed by atoms with Crippen LogP contribution in [0.5, 0.6) is 5.75 Å². The van der Waals surface area contributed by atoms with Crippen molar-refractivity contribution in [3.8, 4) is 17.5 Å². The number of hydrogen-bond donors (Lipinski definition) is 0. The lowest BCUT2D eigenvalue weighted by Gasteiger charge is -2.16. The molecule has 0 spiro atoms. The van der Waals surface area contributed by atoms with Crippen LogP contribution in [-0.4, -0.2) is 31.5 Å². The van der Waals surface area contributed by atoms with Gasteiger partial charge >= 0.3 is 0 Å². The van der Waals surface area contributed by atoms with E-state index in [9.17, 15) is 4.79 Å². The highest BCUT2D eigenvalue weighted by atomic mass is 32.2. The van der Waals surface area contributed by atoms with Crippen LogP contribution in [0.25, 0.3) is 22.4 Å². The smallest absolute Gasteiger partial charge is 0.267 e. The van der Waals surface area contributed by atoms with Gasteiger partial charge < -0.3 is 4.74 Å². The molecule has 0 fully saturated rings. The van der Waals surface area contributed by atoms with Crippen molar-refractivity contribution in [1.82, 2.24) is 19.2 Å². The fourth-order valence-corrected chi connectivity index (χ4v) is 4.84. The van der Waals surface area contributed by atoms with Gasteiger partial charge in [0.15, 0.2) is 5.16 Å². The molecule has 0 amide bonds. The van der Waals surface area contributed by atoms with E-state index in [1.807, 2.05) is 52.9 Å². The zero-order valence-electron chi connectivity index (χ0n) is 19.4. The van der Waals surface area contributed by atoms with Crippen LogP contribution in [0.2, 0.25) is 0 Å². The largest absolute Gasteiger partial charge is 0.493 e. The lowest BCUT2D eigenvalue weighted by atomic mass is 10.0. The average Bonchev–Trinajstić information content (AvgIpc) is 3.31. The SMILES string of the molecule is CC(C)c1ccccc1-n1c(=O)c2ccccc2n2c(SCCOc3ccc(C#N)cc3)nnc12. The van der Waals surface area contributed by atoms with E-state index in [0.717, 1.165) is 16.8 Å². The minimum absolute atomic E-state index is 0.116. The highest BCUT2D eigenvalue weighted by Gasteiger charge is 2.20. The van der Waals surface area contributed by atoms with Crippen LogP contribution in [0.1, 0.15) is 30.9 Å². The van der Waals surface area contributed by atoms with Gasteiger partial charge in [0.05, 0.1) is 34.8 Å². The Morgan fingerprint density at radius 1 is 1.00 bits per heavy atom. The van der Waals surface area contributed by atoms with Crippen LogP contribution in [0, 0.1) is 11.3 Å². The van der Waals surface area contributed by atoms with Crippen molar-refractivity contribution in [3.05, 3.63) is 94.3 Å². The van der Waals surface area contributed by atoms with Crippen LogP contribution in [-0.2, 0) is 0 Å². The van der Waals surface area contributed by atoms with E-state index in [0.29, 0.717) is 40.0 Å². The molecule has 8 heteroatoms. The number of nitrogens with zero attached hydrogens (tertiary/aromatic N) is 5. The van der Waals surface area contributed by atoms with E-state index in [-0.39, 0.29) is 11.5 Å². The number of aromatic nitrogens is 4. The molecular weight excluding hydrogens is 458 g/mol. The highest BCUT2D eigenvalue weighted by Crippen LogP contribution is 2.27. The molecule has 5 rings (SSSR count). The summed E-state index contributed by atoms with van der Waals surface area (Å²) in [5.41, 5.74) is 3.13. The summed E-state index contributed by atoms with van der Waals surface area (Å²) in [4.78, 5) is 13.6. The lowest BCUT2D eigenvalue weighted by Crippen LogP contribution is -2.23. The van der Waals surface area contributed by atoms with Crippen molar-refractivity contribution in [3.63, 3.8) is 0 Å². The number of hydrogen-bond acceptors (Lipinski definition) is 6. The molecule has 0 aliphatic heterocycles. The van der Waals surface area contributed by atoms with Crippen molar-refractivity contribution < 1.29 is 4.74 Å². The quantitative estimate of drug-likeness (QED) is 0.235. The molecule has 0 aliphatic carbocycles. The number of thioether (sulfide) groups is 1. The number of nitriles is 1. The van der Waals surface area contributed by atoms with E-state index in [1.165, 1.54) is 11.8 Å². The van der Waals surface area contributed by atoms with E-state index < -0.39 is 0 Å². The molecule has 3 aromatic carbocycles. The van der Waals surface area contributed by atoms with Gasteiger partial charge in [-0.15, -0.1) is 10.2 Å². The van der Waals surface area contributed by atoms with E-state index >= 15 is 0 Å². The second-order valence-electron chi connectivity index (χ2n) is 8.32. The Morgan fingerprint density at radius 3 is 2.51 bits per heavy atom.